The zero-order chi connectivity index (χ0) is 19.5. The fourth-order valence-corrected chi connectivity index (χ4v) is 3.64. The third kappa shape index (κ3) is 4.41. The lowest BCUT2D eigenvalue weighted by atomic mass is 10.2. The van der Waals surface area contributed by atoms with E-state index in [-0.39, 0.29) is 5.91 Å². The largest absolute Gasteiger partial charge is 0.487 e. The molecular formula is C19H13ClN4O2S2. The van der Waals surface area contributed by atoms with Crippen LogP contribution in [0.25, 0.3) is 11.8 Å². The summed E-state index contributed by atoms with van der Waals surface area (Å²) in [5.74, 6) is 0.529. The number of aromatic nitrogens is 3. The van der Waals surface area contributed by atoms with Gasteiger partial charge in [-0.25, -0.2) is 4.68 Å². The standard InChI is InChI=1S/C19H13ClN4O2S2/c20-13-3-5-15(6-4-13)24-10-14(22-23-24)11-26-16-7-1-12(2-8-16)9-17-18(25)21-19(27)28-17/h1-10H,11H2,(H,21,25,27)/b17-9-. The highest BCUT2D eigenvalue weighted by molar-refractivity contribution is 8.26. The SMILES string of the molecule is O=C1NC(=S)S/C1=C\c1ccc(OCc2cn(-c3ccc(Cl)cc3)nn2)cc1. The molecule has 6 nitrogen and oxygen atoms in total. The summed E-state index contributed by atoms with van der Waals surface area (Å²) < 4.78 is 7.90. The van der Waals surface area contributed by atoms with Crippen molar-refractivity contribution in [2.24, 2.45) is 0 Å². The third-order valence-electron chi connectivity index (χ3n) is 3.84. The Labute approximate surface area is 175 Å². The number of hydrogen-bond donors (Lipinski definition) is 1. The number of carbonyl (C=O) groups excluding carboxylic acids is 1. The molecule has 0 aliphatic carbocycles. The smallest absolute Gasteiger partial charge is 0.263 e. The number of amides is 1. The fraction of sp³-hybridized carbons (Fsp3) is 0.0526. The molecule has 1 aliphatic heterocycles. The van der Waals surface area contributed by atoms with Crippen LogP contribution in [0.1, 0.15) is 11.3 Å². The highest BCUT2D eigenvalue weighted by Gasteiger charge is 2.21. The van der Waals surface area contributed by atoms with Crippen LogP contribution < -0.4 is 10.1 Å². The predicted molar refractivity (Wildman–Crippen MR) is 113 cm³/mol. The number of thioether (sulfide) groups is 1. The molecule has 1 saturated heterocycles. The minimum atomic E-state index is -0.167. The van der Waals surface area contributed by atoms with Gasteiger partial charge in [0, 0.05) is 5.02 Å². The van der Waals surface area contributed by atoms with Crippen LogP contribution in [0.2, 0.25) is 5.02 Å². The highest BCUT2D eigenvalue weighted by Crippen LogP contribution is 2.26. The average molecular weight is 429 g/mol. The second kappa shape index (κ2) is 8.14. The van der Waals surface area contributed by atoms with E-state index in [1.165, 1.54) is 11.8 Å². The van der Waals surface area contributed by atoms with Crippen LogP contribution in [-0.2, 0) is 11.4 Å². The van der Waals surface area contributed by atoms with Crippen molar-refractivity contribution in [3.05, 3.63) is 75.9 Å². The lowest BCUT2D eigenvalue weighted by Gasteiger charge is -2.04. The zero-order valence-corrected chi connectivity index (χ0v) is 16.7. The Morgan fingerprint density at radius 3 is 2.61 bits per heavy atom. The van der Waals surface area contributed by atoms with Crippen molar-refractivity contribution >= 4 is 51.9 Å². The molecule has 4 rings (SSSR count). The number of nitrogens with one attached hydrogen (secondary N) is 1. The van der Waals surface area contributed by atoms with Crippen LogP contribution in [0, 0.1) is 0 Å². The van der Waals surface area contributed by atoms with Crippen LogP contribution >= 0.6 is 35.6 Å². The molecular weight excluding hydrogens is 416 g/mol. The monoisotopic (exact) mass is 428 g/mol. The molecule has 1 aliphatic rings. The summed E-state index contributed by atoms with van der Waals surface area (Å²) in [6.45, 7) is 0.292. The van der Waals surface area contributed by atoms with Crippen molar-refractivity contribution in [1.29, 1.82) is 0 Å². The zero-order valence-electron chi connectivity index (χ0n) is 14.3. The van der Waals surface area contributed by atoms with E-state index in [9.17, 15) is 4.79 Å². The Morgan fingerprint density at radius 1 is 1.18 bits per heavy atom. The summed E-state index contributed by atoms with van der Waals surface area (Å²) >= 11 is 12.1. The van der Waals surface area contributed by atoms with Crippen LogP contribution in [-0.4, -0.2) is 25.2 Å². The molecule has 0 bridgehead atoms. The van der Waals surface area contributed by atoms with Gasteiger partial charge in [0.25, 0.3) is 5.91 Å². The van der Waals surface area contributed by atoms with Gasteiger partial charge in [-0.05, 0) is 48.0 Å². The van der Waals surface area contributed by atoms with Crippen LogP contribution in [0.15, 0.2) is 59.6 Å². The maximum absolute atomic E-state index is 11.7. The quantitative estimate of drug-likeness (QED) is 0.489. The number of thiocarbonyl (C=S) groups is 1. The van der Waals surface area contributed by atoms with Gasteiger partial charge in [0.05, 0.1) is 16.8 Å². The first-order valence-electron chi connectivity index (χ1n) is 8.22. The van der Waals surface area contributed by atoms with Gasteiger partial charge in [0.1, 0.15) is 22.4 Å². The second-order valence-corrected chi connectivity index (χ2v) is 8.00. The van der Waals surface area contributed by atoms with Crippen LogP contribution in [0.3, 0.4) is 0 Å². The minimum absolute atomic E-state index is 0.167. The minimum Gasteiger partial charge on any atom is -0.487 e. The fourth-order valence-electron chi connectivity index (χ4n) is 2.47. The first-order chi connectivity index (χ1) is 13.6. The van der Waals surface area contributed by atoms with Crippen molar-refractivity contribution < 1.29 is 9.53 Å². The van der Waals surface area contributed by atoms with Gasteiger partial charge in [-0.2, -0.15) is 0 Å². The molecule has 1 fully saturated rings. The summed E-state index contributed by atoms with van der Waals surface area (Å²) in [5.41, 5.74) is 2.46. The molecule has 0 saturated carbocycles. The van der Waals surface area contributed by atoms with Gasteiger partial charge in [-0.1, -0.05) is 52.9 Å². The normalized spacial score (nSPS) is 15.1. The topological polar surface area (TPSA) is 69.0 Å². The molecule has 0 radical (unpaired) electrons. The van der Waals surface area contributed by atoms with Gasteiger partial charge in [-0.3, -0.25) is 4.79 Å². The third-order valence-corrected chi connectivity index (χ3v) is 5.25. The van der Waals surface area contributed by atoms with Gasteiger partial charge in [-0.15, -0.1) is 5.10 Å². The summed E-state index contributed by atoms with van der Waals surface area (Å²) in [4.78, 5) is 12.3. The lowest BCUT2D eigenvalue weighted by molar-refractivity contribution is -0.115. The Morgan fingerprint density at radius 2 is 1.93 bits per heavy atom. The summed E-state index contributed by atoms with van der Waals surface area (Å²) in [5, 5.41) is 11.5. The number of ether oxygens (including phenoxy) is 1. The molecule has 2 aromatic carbocycles. The Bertz CT molecular complexity index is 1060. The van der Waals surface area contributed by atoms with Crippen molar-refractivity contribution in [2.45, 2.75) is 6.61 Å². The van der Waals surface area contributed by atoms with Crippen molar-refractivity contribution in [1.82, 2.24) is 20.3 Å². The number of carbonyl (C=O) groups is 1. The second-order valence-electron chi connectivity index (χ2n) is 5.84. The number of hydrogen-bond acceptors (Lipinski definition) is 6. The molecule has 1 N–H and O–H groups in total. The Balaban J connectivity index is 1.38. The van der Waals surface area contributed by atoms with Gasteiger partial charge < -0.3 is 10.1 Å². The summed E-state index contributed by atoms with van der Waals surface area (Å²) in [6.07, 6.45) is 3.60. The van der Waals surface area contributed by atoms with Crippen LogP contribution in [0.4, 0.5) is 0 Å². The number of rotatable bonds is 5. The van der Waals surface area contributed by atoms with E-state index in [0.717, 1.165) is 11.3 Å². The first-order valence-corrected chi connectivity index (χ1v) is 9.82. The van der Waals surface area contributed by atoms with E-state index in [2.05, 4.69) is 15.6 Å². The van der Waals surface area contributed by atoms with Crippen LogP contribution in [0.5, 0.6) is 5.75 Å². The van der Waals surface area contributed by atoms with Crippen molar-refractivity contribution in [3.63, 3.8) is 0 Å². The molecule has 0 spiro atoms. The van der Waals surface area contributed by atoms with Gasteiger partial charge in [0.2, 0.25) is 0 Å². The molecule has 1 aromatic heterocycles. The predicted octanol–water partition coefficient (Wildman–Crippen LogP) is 3.99. The Hall–Kier alpha value is -2.68. The molecule has 140 valence electrons. The summed E-state index contributed by atoms with van der Waals surface area (Å²) in [7, 11) is 0. The van der Waals surface area contributed by atoms with E-state index in [1.54, 1.807) is 29.1 Å². The summed E-state index contributed by atoms with van der Waals surface area (Å²) in [6, 6.07) is 14.8. The van der Waals surface area contributed by atoms with E-state index in [1.807, 2.05) is 36.4 Å². The van der Waals surface area contributed by atoms with E-state index in [0.29, 0.717) is 32.3 Å². The van der Waals surface area contributed by atoms with E-state index in [4.69, 9.17) is 28.6 Å². The maximum atomic E-state index is 11.7. The molecule has 9 heteroatoms. The van der Waals surface area contributed by atoms with Gasteiger partial charge >= 0.3 is 0 Å². The molecule has 3 aromatic rings. The number of halogens is 1. The molecule has 2 heterocycles. The molecule has 1 amide bonds. The number of benzene rings is 2. The van der Waals surface area contributed by atoms with E-state index < -0.39 is 0 Å². The molecule has 28 heavy (non-hydrogen) atoms. The molecule has 0 atom stereocenters. The highest BCUT2D eigenvalue weighted by atomic mass is 35.5. The maximum Gasteiger partial charge on any atom is 0.263 e. The Kier molecular flexibility index (Phi) is 5.43. The molecule has 0 unspecified atom stereocenters. The van der Waals surface area contributed by atoms with Crippen molar-refractivity contribution in [2.75, 3.05) is 0 Å². The first kappa shape index (κ1) is 18.7. The average Bonchev–Trinajstić information content (AvgIpc) is 3.28. The lowest BCUT2D eigenvalue weighted by Crippen LogP contribution is -2.17. The number of nitrogens with zero attached hydrogens (tertiary/aromatic N) is 3. The van der Waals surface area contributed by atoms with Crippen molar-refractivity contribution in [3.8, 4) is 11.4 Å². The van der Waals surface area contributed by atoms with Gasteiger partial charge in [0.15, 0.2) is 0 Å². The van der Waals surface area contributed by atoms with E-state index >= 15 is 0 Å².